The van der Waals surface area contributed by atoms with Crippen LogP contribution in [0.5, 0.6) is 0 Å². The van der Waals surface area contributed by atoms with E-state index in [-0.39, 0.29) is 17.9 Å². The minimum Gasteiger partial charge on any atom is -0.444 e. The molecule has 0 aliphatic carbocycles. The fourth-order valence-electron chi connectivity index (χ4n) is 2.45. The van der Waals surface area contributed by atoms with Crippen molar-refractivity contribution in [1.29, 1.82) is 0 Å². The molecule has 1 saturated heterocycles. The topological polar surface area (TPSA) is 113 Å². The molecule has 23 heavy (non-hydrogen) atoms. The van der Waals surface area contributed by atoms with Gasteiger partial charge in [0.05, 0.1) is 12.1 Å². The van der Waals surface area contributed by atoms with Gasteiger partial charge in [-0.25, -0.2) is 4.79 Å². The fraction of sp³-hybridized carbons (Fsp3) is 0.533. The van der Waals surface area contributed by atoms with Crippen LogP contribution in [0.4, 0.5) is 4.79 Å². The zero-order valence-electron chi connectivity index (χ0n) is 13.6. The molecule has 8 nitrogen and oxygen atoms in total. The molecule has 4 N–H and O–H groups in total. The van der Waals surface area contributed by atoms with Gasteiger partial charge in [0.1, 0.15) is 5.60 Å². The Kier molecular flexibility index (Phi) is 5.05. The van der Waals surface area contributed by atoms with Gasteiger partial charge in [-0.15, -0.1) is 0 Å². The first-order valence-electron chi connectivity index (χ1n) is 7.41. The van der Waals surface area contributed by atoms with Crippen LogP contribution in [0.25, 0.3) is 0 Å². The third kappa shape index (κ3) is 4.56. The number of hydrogen-bond acceptors (Lipinski definition) is 6. The number of rotatable bonds is 4. The lowest BCUT2D eigenvalue weighted by Crippen LogP contribution is -2.62. The average Bonchev–Trinajstić information content (AvgIpc) is 2.43. The Labute approximate surface area is 135 Å². The number of nitrogens with zero attached hydrogens (tertiary/aromatic N) is 3. The molecule has 126 valence electrons. The lowest BCUT2D eigenvalue weighted by molar-refractivity contribution is 0.0372. The Hall–Kier alpha value is -2.35. The van der Waals surface area contributed by atoms with Crippen LogP contribution >= 0.6 is 0 Å². The van der Waals surface area contributed by atoms with Gasteiger partial charge in [0.25, 0.3) is 0 Å². The Morgan fingerprint density at radius 2 is 2.26 bits per heavy atom. The SMILES string of the molecule is CC(C)(C)OC(=O)NC1CN(C(/C(N)=N/O)c2cccnc2)C1. The van der Waals surface area contributed by atoms with E-state index < -0.39 is 11.7 Å². The van der Waals surface area contributed by atoms with E-state index in [9.17, 15) is 4.79 Å². The molecule has 0 spiro atoms. The summed E-state index contributed by atoms with van der Waals surface area (Å²) in [5.41, 5.74) is 6.11. The zero-order chi connectivity index (χ0) is 17.0. The first kappa shape index (κ1) is 17.0. The predicted molar refractivity (Wildman–Crippen MR) is 85.1 cm³/mol. The van der Waals surface area contributed by atoms with Crippen molar-refractivity contribution >= 4 is 11.9 Å². The number of pyridine rings is 1. The minimum atomic E-state index is -0.528. The molecule has 0 saturated carbocycles. The van der Waals surface area contributed by atoms with Crippen LogP contribution in [0.15, 0.2) is 29.7 Å². The number of nitrogens with two attached hydrogens (primary N) is 1. The molecule has 2 heterocycles. The molecule has 1 aromatic rings. The third-order valence-electron chi connectivity index (χ3n) is 3.39. The van der Waals surface area contributed by atoms with Crippen molar-refractivity contribution in [2.45, 2.75) is 38.5 Å². The Morgan fingerprint density at radius 1 is 1.57 bits per heavy atom. The van der Waals surface area contributed by atoms with Crippen molar-refractivity contribution in [2.75, 3.05) is 13.1 Å². The summed E-state index contributed by atoms with van der Waals surface area (Å²) in [6.07, 6.45) is 2.90. The van der Waals surface area contributed by atoms with E-state index in [0.717, 1.165) is 5.56 Å². The number of carbonyl (C=O) groups is 1. The third-order valence-corrected chi connectivity index (χ3v) is 3.39. The smallest absolute Gasteiger partial charge is 0.407 e. The molecule has 0 radical (unpaired) electrons. The van der Waals surface area contributed by atoms with Gasteiger partial charge in [0.2, 0.25) is 0 Å². The quantitative estimate of drug-likeness (QED) is 0.331. The molecular weight excluding hydrogens is 298 g/mol. The highest BCUT2D eigenvalue weighted by molar-refractivity contribution is 5.86. The maximum absolute atomic E-state index is 11.7. The number of likely N-dealkylation sites (tertiary alicyclic amines) is 1. The number of nitrogens with one attached hydrogen (secondary N) is 1. The lowest BCUT2D eigenvalue weighted by atomic mass is 9.99. The summed E-state index contributed by atoms with van der Waals surface area (Å²) >= 11 is 0. The number of carbonyl (C=O) groups excluding carboxylic acids is 1. The number of amidine groups is 1. The molecule has 1 aromatic heterocycles. The van der Waals surface area contributed by atoms with Gasteiger partial charge in [0, 0.05) is 25.5 Å². The average molecular weight is 321 g/mol. The normalized spacial score (nSPS) is 18.1. The summed E-state index contributed by atoms with van der Waals surface area (Å²) < 4.78 is 5.23. The van der Waals surface area contributed by atoms with Crippen molar-refractivity contribution in [3.05, 3.63) is 30.1 Å². The van der Waals surface area contributed by atoms with Crippen LogP contribution < -0.4 is 11.1 Å². The van der Waals surface area contributed by atoms with Crippen LogP contribution in [-0.2, 0) is 4.74 Å². The van der Waals surface area contributed by atoms with E-state index in [1.54, 1.807) is 18.5 Å². The van der Waals surface area contributed by atoms with E-state index in [2.05, 4.69) is 15.5 Å². The molecular formula is C15H23N5O3. The number of alkyl carbamates (subject to hydrolysis) is 1. The zero-order valence-corrected chi connectivity index (χ0v) is 13.6. The molecule has 2 rings (SSSR count). The summed E-state index contributed by atoms with van der Waals surface area (Å²) in [4.78, 5) is 17.8. The molecule has 1 unspecified atom stereocenters. The van der Waals surface area contributed by atoms with E-state index >= 15 is 0 Å². The minimum absolute atomic E-state index is 0.0319. The van der Waals surface area contributed by atoms with Crippen molar-refractivity contribution < 1.29 is 14.7 Å². The Balaban J connectivity index is 1.94. The molecule has 8 heteroatoms. The lowest BCUT2D eigenvalue weighted by Gasteiger charge is -2.43. The molecule has 1 atom stereocenters. The first-order chi connectivity index (χ1) is 10.8. The van der Waals surface area contributed by atoms with Gasteiger partial charge < -0.3 is 21.0 Å². The van der Waals surface area contributed by atoms with Gasteiger partial charge in [-0.3, -0.25) is 9.88 Å². The van der Waals surface area contributed by atoms with Gasteiger partial charge >= 0.3 is 6.09 Å². The second-order valence-corrected chi connectivity index (χ2v) is 6.51. The number of oxime groups is 1. The number of amides is 1. The first-order valence-corrected chi connectivity index (χ1v) is 7.41. The van der Waals surface area contributed by atoms with Crippen LogP contribution in [0.1, 0.15) is 32.4 Å². The summed E-state index contributed by atoms with van der Waals surface area (Å²) in [7, 11) is 0. The largest absolute Gasteiger partial charge is 0.444 e. The van der Waals surface area contributed by atoms with Crippen molar-refractivity contribution in [3.8, 4) is 0 Å². The molecule has 1 amide bonds. The van der Waals surface area contributed by atoms with Crippen LogP contribution in [0, 0.1) is 0 Å². The maximum Gasteiger partial charge on any atom is 0.407 e. The molecule has 1 aliphatic rings. The monoisotopic (exact) mass is 321 g/mol. The number of ether oxygens (including phenoxy) is 1. The van der Waals surface area contributed by atoms with Crippen molar-refractivity contribution in [3.63, 3.8) is 0 Å². The van der Waals surface area contributed by atoms with Gasteiger partial charge in [-0.1, -0.05) is 11.2 Å². The second-order valence-electron chi connectivity index (χ2n) is 6.51. The van der Waals surface area contributed by atoms with Crippen LogP contribution in [0.3, 0.4) is 0 Å². The number of aromatic nitrogens is 1. The Bertz CT molecular complexity index is 564. The fourth-order valence-corrected chi connectivity index (χ4v) is 2.45. The van der Waals surface area contributed by atoms with Crippen molar-refractivity contribution in [2.24, 2.45) is 10.9 Å². The molecule has 0 aromatic carbocycles. The van der Waals surface area contributed by atoms with E-state index in [0.29, 0.717) is 13.1 Å². The Morgan fingerprint density at radius 3 is 2.78 bits per heavy atom. The molecule has 0 bridgehead atoms. The van der Waals surface area contributed by atoms with Crippen LogP contribution in [0.2, 0.25) is 0 Å². The van der Waals surface area contributed by atoms with Crippen LogP contribution in [-0.4, -0.2) is 51.8 Å². The van der Waals surface area contributed by atoms with Gasteiger partial charge in [-0.05, 0) is 32.4 Å². The molecule has 1 fully saturated rings. The maximum atomic E-state index is 11.7. The summed E-state index contributed by atoms with van der Waals surface area (Å²) in [5.74, 6) is 0.0914. The molecule has 1 aliphatic heterocycles. The highest BCUT2D eigenvalue weighted by Crippen LogP contribution is 2.25. The standard InChI is InChI=1S/C15H23N5O3/c1-15(2,3)23-14(21)18-11-8-20(9-11)12(13(16)19-22)10-5-4-6-17-7-10/h4-7,11-12,22H,8-9H2,1-3H3,(H2,16,19)(H,18,21). The van der Waals surface area contributed by atoms with Crippen molar-refractivity contribution in [1.82, 2.24) is 15.2 Å². The van der Waals surface area contributed by atoms with E-state index in [1.165, 1.54) is 0 Å². The van der Waals surface area contributed by atoms with E-state index in [1.807, 2.05) is 31.7 Å². The predicted octanol–water partition coefficient (Wildman–Crippen LogP) is 1.08. The van der Waals surface area contributed by atoms with Gasteiger partial charge in [0.15, 0.2) is 5.84 Å². The summed E-state index contributed by atoms with van der Waals surface area (Å²) in [5, 5.41) is 14.9. The highest BCUT2D eigenvalue weighted by atomic mass is 16.6. The number of hydrogen-bond donors (Lipinski definition) is 3. The summed E-state index contributed by atoms with van der Waals surface area (Å²) in [6, 6.07) is 3.26. The van der Waals surface area contributed by atoms with Gasteiger partial charge in [-0.2, -0.15) is 0 Å². The second kappa shape index (κ2) is 6.82. The van der Waals surface area contributed by atoms with E-state index in [4.69, 9.17) is 15.7 Å². The summed E-state index contributed by atoms with van der Waals surface area (Å²) in [6.45, 7) is 6.60. The highest BCUT2D eigenvalue weighted by Gasteiger charge is 2.37.